The molecule has 0 aliphatic carbocycles. The van der Waals surface area contributed by atoms with Crippen LogP contribution in [0.1, 0.15) is 16.3 Å². The van der Waals surface area contributed by atoms with E-state index < -0.39 is 0 Å². The van der Waals surface area contributed by atoms with Crippen LogP contribution in [0.15, 0.2) is 29.6 Å². The SMILES string of the molecule is Cc1nc(CO)sc1-c1csc(NC(=O)NCc2ccc(Cl)cc2)n1. The van der Waals surface area contributed by atoms with Gasteiger partial charge in [-0.25, -0.2) is 14.8 Å². The normalized spacial score (nSPS) is 10.7. The van der Waals surface area contributed by atoms with Crippen molar-refractivity contribution in [1.82, 2.24) is 15.3 Å². The van der Waals surface area contributed by atoms with Crippen LogP contribution in [0, 0.1) is 6.92 Å². The van der Waals surface area contributed by atoms with Crippen LogP contribution in [0.25, 0.3) is 10.6 Å². The number of rotatable bonds is 5. The molecule has 0 saturated carbocycles. The van der Waals surface area contributed by atoms with E-state index in [1.165, 1.54) is 22.7 Å². The summed E-state index contributed by atoms with van der Waals surface area (Å²) in [5.74, 6) is 0. The molecular weight excluding hydrogens is 380 g/mol. The van der Waals surface area contributed by atoms with Crippen LogP contribution in [0.2, 0.25) is 5.02 Å². The third-order valence-electron chi connectivity index (χ3n) is 3.30. The molecule has 9 heteroatoms. The number of hydrogen-bond donors (Lipinski definition) is 3. The molecule has 6 nitrogen and oxygen atoms in total. The number of amides is 2. The first kappa shape index (κ1) is 17.8. The summed E-state index contributed by atoms with van der Waals surface area (Å²) in [7, 11) is 0. The molecule has 0 unspecified atom stereocenters. The van der Waals surface area contributed by atoms with Crippen molar-refractivity contribution in [3.63, 3.8) is 0 Å². The van der Waals surface area contributed by atoms with Crippen molar-refractivity contribution in [2.75, 3.05) is 5.32 Å². The fourth-order valence-corrected chi connectivity index (χ4v) is 3.90. The fourth-order valence-electron chi connectivity index (χ4n) is 2.12. The van der Waals surface area contributed by atoms with Crippen LogP contribution >= 0.6 is 34.3 Å². The van der Waals surface area contributed by atoms with Crippen molar-refractivity contribution in [3.05, 3.63) is 50.9 Å². The number of anilines is 1. The minimum Gasteiger partial charge on any atom is -0.389 e. The van der Waals surface area contributed by atoms with Gasteiger partial charge in [-0.3, -0.25) is 5.32 Å². The summed E-state index contributed by atoms with van der Waals surface area (Å²) < 4.78 is 0. The second kappa shape index (κ2) is 7.92. The zero-order valence-corrected chi connectivity index (χ0v) is 15.6. The van der Waals surface area contributed by atoms with E-state index in [9.17, 15) is 9.90 Å². The van der Waals surface area contributed by atoms with Crippen molar-refractivity contribution in [2.45, 2.75) is 20.1 Å². The highest BCUT2D eigenvalue weighted by Crippen LogP contribution is 2.32. The molecule has 0 saturated heterocycles. The molecule has 2 aromatic heterocycles. The molecule has 0 bridgehead atoms. The summed E-state index contributed by atoms with van der Waals surface area (Å²) in [5.41, 5.74) is 2.52. The van der Waals surface area contributed by atoms with Crippen LogP contribution in [-0.4, -0.2) is 21.1 Å². The molecule has 0 atom stereocenters. The molecule has 130 valence electrons. The van der Waals surface area contributed by atoms with Gasteiger partial charge in [0.1, 0.15) is 5.01 Å². The van der Waals surface area contributed by atoms with Crippen molar-refractivity contribution >= 4 is 45.4 Å². The van der Waals surface area contributed by atoms with E-state index in [1.54, 1.807) is 12.1 Å². The third-order valence-corrected chi connectivity index (χ3v) is 5.47. The van der Waals surface area contributed by atoms with Gasteiger partial charge < -0.3 is 10.4 Å². The van der Waals surface area contributed by atoms with Gasteiger partial charge in [-0.05, 0) is 24.6 Å². The summed E-state index contributed by atoms with van der Waals surface area (Å²) in [6.07, 6.45) is 0. The molecule has 0 radical (unpaired) electrons. The largest absolute Gasteiger partial charge is 0.389 e. The van der Waals surface area contributed by atoms with Gasteiger partial charge in [0.2, 0.25) is 0 Å². The maximum atomic E-state index is 12.0. The Bertz CT molecular complexity index is 877. The molecule has 0 spiro atoms. The Morgan fingerprint density at radius 1 is 1.28 bits per heavy atom. The van der Waals surface area contributed by atoms with E-state index in [4.69, 9.17) is 11.6 Å². The summed E-state index contributed by atoms with van der Waals surface area (Å²) in [6, 6.07) is 6.95. The zero-order valence-electron chi connectivity index (χ0n) is 13.2. The lowest BCUT2D eigenvalue weighted by Gasteiger charge is -2.05. The first-order valence-electron chi connectivity index (χ1n) is 7.37. The number of aliphatic hydroxyl groups excluding tert-OH is 1. The van der Waals surface area contributed by atoms with Crippen LogP contribution < -0.4 is 10.6 Å². The molecule has 0 aliphatic rings. The number of aryl methyl sites for hydroxylation is 1. The van der Waals surface area contributed by atoms with Crippen LogP contribution in [0.3, 0.4) is 0 Å². The predicted octanol–water partition coefficient (Wildman–Crippen LogP) is 4.04. The maximum Gasteiger partial charge on any atom is 0.321 e. The number of hydrogen-bond acceptors (Lipinski definition) is 6. The Hall–Kier alpha value is -2.00. The minimum atomic E-state index is -0.326. The van der Waals surface area contributed by atoms with E-state index in [-0.39, 0.29) is 12.6 Å². The Balaban J connectivity index is 1.59. The molecular formula is C16H15ClN4O2S2. The van der Waals surface area contributed by atoms with E-state index in [1.807, 2.05) is 24.4 Å². The second-order valence-corrected chi connectivity index (χ2v) is 7.53. The Kier molecular flexibility index (Phi) is 5.64. The number of halogens is 1. The number of nitrogens with zero attached hydrogens (tertiary/aromatic N) is 2. The molecule has 3 N–H and O–H groups in total. The van der Waals surface area contributed by atoms with Gasteiger partial charge in [-0.15, -0.1) is 22.7 Å². The van der Waals surface area contributed by atoms with Crippen LogP contribution in [-0.2, 0) is 13.2 Å². The number of carbonyl (C=O) groups is 1. The number of aliphatic hydroxyl groups is 1. The lowest BCUT2D eigenvalue weighted by atomic mass is 10.2. The average Bonchev–Trinajstić information content (AvgIpc) is 3.20. The van der Waals surface area contributed by atoms with E-state index in [0.29, 0.717) is 21.7 Å². The molecule has 2 heterocycles. The van der Waals surface area contributed by atoms with Gasteiger partial charge in [0.25, 0.3) is 0 Å². The van der Waals surface area contributed by atoms with Crippen LogP contribution in [0.5, 0.6) is 0 Å². The van der Waals surface area contributed by atoms with Crippen molar-refractivity contribution in [3.8, 4) is 10.6 Å². The molecule has 0 fully saturated rings. The van der Waals surface area contributed by atoms with Gasteiger partial charge >= 0.3 is 6.03 Å². The lowest BCUT2D eigenvalue weighted by Crippen LogP contribution is -2.28. The Morgan fingerprint density at radius 2 is 2.04 bits per heavy atom. The molecule has 2 amide bonds. The van der Waals surface area contributed by atoms with E-state index >= 15 is 0 Å². The predicted molar refractivity (Wildman–Crippen MR) is 101 cm³/mol. The highest BCUT2D eigenvalue weighted by molar-refractivity contribution is 7.17. The molecule has 0 aliphatic heterocycles. The summed E-state index contributed by atoms with van der Waals surface area (Å²) in [4.78, 5) is 21.6. The van der Waals surface area contributed by atoms with Crippen molar-refractivity contribution < 1.29 is 9.90 Å². The van der Waals surface area contributed by atoms with E-state index in [2.05, 4.69) is 20.6 Å². The number of benzene rings is 1. The first-order valence-corrected chi connectivity index (χ1v) is 9.45. The summed E-state index contributed by atoms with van der Waals surface area (Å²) >= 11 is 8.57. The fraction of sp³-hybridized carbons (Fsp3) is 0.188. The van der Waals surface area contributed by atoms with Gasteiger partial charge in [0, 0.05) is 16.9 Å². The molecule has 25 heavy (non-hydrogen) atoms. The van der Waals surface area contributed by atoms with Gasteiger partial charge in [-0.1, -0.05) is 23.7 Å². The number of nitrogens with one attached hydrogen (secondary N) is 2. The highest BCUT2D eigenvalue weighted by Gasteiger charge is 2.13. The smallest absolute Gasteiger partial charge is 0.321 e. The number of urea groups is 1. The topological polar surface area (TPSA) is 87.1 Å². The monoisotopic (exact) mass is 394 g/mol. The highest BCUT2D eigenvalue weighted by atomic mass is 35.5. The zero-order chi connectivity index (χ0) is 17.8. The average molecular weight is 395 g/mol. The molecule has 3 rings (SSSR count). The van der Waals surface area contributed by atoms with E-state index in [0.717, 1.165) is 21.8 Å². The standard InChI is InChI=1S/C16H15ClN4O2S2/c1-9-14(25-13(7-22)19-9)12-8-24-16(20-12)21-15(23)18-6-10-2-4-11(17)5-3-10/h2-5,8,22H,6-7H2,1H3,(H2,18,20,21,23). The van der Waals surface area contributed by atoms with Gasteiger partial charge in [-0.2, -0.15) is 0 Å². The quantitative estimate of drug-likeness (QED) is 0.609. The Morgan fingerprint density at radius 3 is 2.72 bits per heavy atom. The van der Waals surface area contributed by atoms with Crippen molar-refractivity contribution in [2.24, 2.45) is 0 Å². The minimum absolute atomic E-state index is 0.0894. The number of aromatic nitrogens is 2. The molecule has 1 aromatic carbocycles. The third kappa shape index (κ3) is 4.55. The summed E-state index contributed by atoms with van der Waals surface area (Å²) in [5, 5.41) is 18.3. The number of carbonyl (C=O) groups excluding carboxylic acids is 1. The lowest BCUT2D eigenvalue weighted by molar-refractivity contribution is 0.251. The van der Waals surface area contributed by atoms with Gasteiger partial charge in [0.05, 0.1) is 22.9 Å². The Labute approximate surface area is 157 Å². The number of thiazole rings is 2. The summed E-state index contributed by atoms with van der Waals surface area (Å²) in [6.45, 7) is 2.18. The molecule has 3 aromatic rings. The second-order valence-electron chi connectivity index (χ2n) is 5.15. The van der Waals surface area contributed by atoms with Gasteiger partial charge in [0.15, 0.2) is 5.13 Å². The van der Waals surface area contributed by atoms with Crippen LogP contribution in [0.4, 0.5) is 9.93 Å². The van der Waals surface area contributed by atoms with Crippen molar-refractivity contribution in [1.29, 1.82) is 0 Å². The first-order chi connectivity index (χ1) is 12.0. The maximum absolute atomic E-state index is 12.0.